The second-order valence-corrected chi connectivity index (χ2v) is 8.90. The number of rotatable bonds is 15. The van der Waals surface area contributed by atoms with Crippen LogP contribution in [0.15, 0.2) is 0 Å². The number of hydrogen-bond acceptors (Lipinski definition) is 3. The lowest BCUT2D eigenvalue weighted by Crippen LogP contribution is -2.49. The minimum atomic E-state index is -0.873. The summed E-state index contributed by atoms with van der Waals surface area (Å²) in [5.41, 5.74) is -1.25. The van der Waals surface area contributed by atoms with Gasteiger partial charge in [0, 0.05) is 6.42 Å². The molecule has 0 aliphatic heterocycles. The summed E-state index contributed by atoms with van der Waals surface area (Å²) in [6.07, 6.45) is 9.03. The number of hydrogen-bond donors (Lipinski definition) is 1. The lowest BCUT2D eigenvalue weighted by molar-refractivity contribution is -0.187. The van der Waals surface area contributed by atoms with E-state index >= 15 is 0 Å². The maximum atomic E-state index is 13.1. The van der Waals surface area contributed by atoms with Crippen LogP contribution >= 0.6 is 0 Å². The van der Waals surface area contributed by atoms with Crippen molar-refractivity contribution in [2.24, 2.45) is 17.3 Å². The van der Waals surface area contributed by atoms with Crippen LogP contribution in [0.5, 0.6) is 0 Å². The second kappa shape index (κ2) is 12.4. The van der Waals surface area contributed by atoms with E-state index in [1.165, 1.54) is 25.7 Å². The number of ether oxygens (including phenoxy) is 1. The number of aliphatic carboxylic acids is 1. The van der Waals surface area contributed by atoms with Gasteiger partial charge in [0.25, 0.3) is 0 Å². The fraction of sp³-hybridized carbons (Fsp3) is 0.913. The molecule has 0 rings (SSSR count). The fourth-order valence-corrected chi connectivity index (χ4v) is 3.76. The third-order valence-electron chi connectivity index (χ3n) is 6.36. The number of carbonyl (C=O) groups is 2. The Hall–Kier alpha value is -1.06. The zero-order valence-electron chi connectivity index (χ0n) is 18.9. The first-order chi connectivity index (χ1) is 12.6. The Balaban J connectivity index is 5.41. The molecule has 0 aromatic carbocycles. The van der Waals surface area contributed by atoms with Crippen LogP contribution < -0.4 is 0 Å². The molecular weight excluding hydrogens is 340 g/mol. The third-order valence-corrected chi connectivity index (χ3v) is 6.36. The summed E-state index contributed by atoms with van der Waals surface area (Å²) in [6.45, 7) is 14.5. The van der Waals surface area contributed by atoms with Crippen molar-refractivity contribution in [1.82, 2.24) is 0 Å². The van der Waals surface area contributed by atoms with Crippen LogP contribution in [0.3, 0.4) is 0 Å². The van der Waals surface area contributed by atoms with E-state index in [1.807, 2.05) is 0 Å². The average Bonchev–Trinajstić information content (AvgIpc) is 2.63. The highest BCUT2D eigenvalue weighted by atomic mass is 16.6. The van der Waals surface area contributed by atoms with Crippen molar-refractivity contribution in [3.05, 3.63) is 0 Å². The van der Waals surface area contributed by atoms with E-state index < -0.39 is 17.0 Å². The summed E-state index contributed by atoms with van der Waals surface area (Å²) < 4.78 is 6.32. The van der Waals surface area contributed by atoms with Crippen LogP contribution in [0, 0.1) is 17.3 Å². The van der Waals surface area contributed by atoms with Gasteiger partial charge in [-0.1, -0.05) is 60.3 Å². The van der Waals surface area contributed by atoms with E-state index in [9.17, 15) is 9.59 Å². The summed E-state index contributed by atoms with van der Waals surface area (Å²) in [5, 5.41) is 8.98. The Kier molecular flexibility index (Phi) is 11.9. The first kappa shape index (κ1) is 25.9. The van der Waals surface area contributed by atoms with E-state index in [-0.39, 0.29) is 24.2 Å². The van der Waals surface area contributed by atoms with Crippen molar-refractivity contribution in [2.45, 2.75) is 118 Å². The van der Waals surface area contributed by atoms with Gasteiger partial charge in [0.1, 0.15) is 5.60 Å². The first-order valence-electron chi connectivity index (χ1n) is 11.0. The van der Waals surface area contributed by atoms with Gasteiger partial charge < -0.3 is 9.84 Å². The number of carbonyl (C=O) groups excluding carboxylic acids is 1. The van der Waals surface area contributed by atoms with Gasteiger partial charge in [-0.3, -0.25) is 9.59 Å². The monoisotopic (exact) mass is 384 g/mol. The number of carboxylic acids is 1. The van der Waals surface area contributed by atoms with Gasteiger partial charge in [-0.15, -0.1) is 0 Å². The Labute approximate surface area is 167 Å². The van der Waals surface area contributed by atoms with Crippen molar-refractivity contribution in [1.29, 1.82) is 0 Å². The molecule has 160 valence electrons. The number of unbranched alkanes of at least 4 members (excludes halogenated alkanes) is 4. The zero-order valence-corrected chi connectivity index (χ0v) is 18.9. The summed E-state index contributed by atoms with van der Waals surface area (Å²) in [7, 11) is 0. The second-order valence-electron chi connectivity index (χ2n) is 8.90. The third kappa shape index (κ3) is 8.23. The SMILES string of the molecule is CCCCCCCC(OC(=O)C(C)(C)CCC(=O)O)(C(C)CC)C(C)CC. The highest BCUT2D eigenvalue weighted by molar-refractivity contribution is 5.77. The van der Waals surface area contributed by atoms with Crippen molar-refractivity contribution < 1.29 is 19.4 Å². The Morgan fingerprint density at radius 1 is 0.889 bits per heavy atom. The molecule has 0 aromatic heterocycles. The molecule has 0 aliphatic rings. The summed E-state index contributed by atoms with van der Waals surface area (Å²) in [6, 6.07) is 0. The molecular formula is C23H44O4. The normalized spacial score (nSPS) is 16.4. The van der Waals surface area contributed by atoms with Crippen LogP contribution in [0.25, 0.3) is 0 Å². The lowest BCUT2D eigenvalue weighted by atomic mass is 9.72. The molecule has 2 unspecified atom stereocenters. The number of esters is 1. The smallest absolute Gasteiger partial charge is 0.312 e. The average molecular weight is 385 g/mol. The molecule has 0 saturated heterocycles. The topological polar surface area (TPSA) is 63.6 Å². The Morgan fingerprint density at radius 2 is 1.41 bits per heavy atom. The maximum absolute atomic E-state index is 13.1. The van der Waals surface area contributed by atoms with Crippen LogP contribution in [-0.2, 0) is 14.3 Å². The van der Waals surface area contributed by atoms with E-state index in [2.05, 4.69) is 34.6 Å². The minimum absolute atomic E-state index is 0.0151. The molecule has 27 heavy (non-hydrogen) atoms. The van der Waals surface area contributed by atoms with Gasteiger partial charge in [0.05, 0.1) is 5.41 Å². The Bertz CT molecular complexity index is 432. The van der Waals surface area contributed by atoms with Gasteiger partial charge in [-0.25, -0.2) is 0 Å². The molecule has 0 heterocycles. The maximum Gasteiger partial charge on any atom is 0.312 e. The Morgan fingerprint density at radius 3 is 1.85 bits per heavy atom. The number of carboxylic acid groups (broad SMARTS) is 1. The molecule has 0 saturated carbocycles. The summed E-state index contributed by atoms with van der Waals surface area (Å²) in [5.74, 6) is -0.574. The van der Waals surface area contributed by atoms with Crippen molar-refractivity contribution >= 4 is 11.9 Å². The first-order valence-corrected chi connectivity index (χ1v) is 11.0. The molecule has 0 fully saturated rings. The summed E-state index contributed by atoms with van der Waals surface area (Å²) >= 11 is 0. The van der Waals surface area contributed by atoms with Crippen molar-refractivity contribution in [3.8, 4) is 0 Å². The van der Waals surface area contributed by atoms with Crippen molar-refractivity contribution in [3.63, 3.8) is 0 Å². The zero-order chi connectivity index (χ0) is 21.1. The fourth-order valence-electron chi connectivity index (χ4n) is 3.76. The molecule has 4 heteroatoms. The molecule has 0 amide bonds. The largest absolute Gasteiger partial charge is 0.481 e. The van der Waals surface area contributed by atoms with Gasteiger partial charge >= 0.3 is 11.9 Å². The molecule has 2 atom stereocenters. The van der Waals surface area contributed by atoms with Crippen molar-refractivity contribution in [2.75, 3.05) is 0 Å². The standard InChI is InChI=1S/C23H44O4/c1-8-11-12-13-14-16-23(18(4)9-2,19(5)10-3)27-21(26)22(6,7)17-15-20(24)25/h18-19H,8-17H2,1-7H3,(H,24,25). The van der Waals surface area contributed by atoms with Gasteiger partial charge in [0.15, 0.2) is 0 Å². The molecule has 4 nitrogen and oxygen atoms in total. The van der Waals surface area contributed by atoms with Crippen LogP contribution in [0.1, 0.15) is 113 Å². The van der Waals surface area contributed by atoms with Gasteiger partial charge in [0.2, 0.25) is 0 Å². The highest BCUT2D eigenvalue weighted by Gasteiger charge is 2.45. The van der Waals surface area contributed by atoms with E-state index in [0.717, 1.165) is 25.7 Å². The molecule has 0 bridgehead atoms. The predicted octanol–water partition coefficient (Wildman–Crippen LogP) is 6.61. The molecule has 0 radical (unpaired) electrons. The van der Waals surface area contributed by atoms with Gasteiger partial charge in [-0.2, -0.15) is 0 Å². The van der Waals surface area contributed by atoms with E-state index in [1.54, 1.807) is 13.8 Å². The van der Waals surface area contributed by atoms with Crippen LogP contribution in [0.4, 0.5) is 0 Å². The highest BCUT2D eigenvalue weighted by Crippen LogP contribution is 2.41. The van der Waals surface area contributed by atoms with Crippen LogP contribution in [-0.4, -0.2) is 22.6 Å². The molecule has 0 aromatic rings. The minimum Gasteiger partial charge on any atom is -0.481 e. The quantitative estimate of drug-likeness (QED) is 0.255. The molecule has 0 spiro atoms. The lowest BCUT2D eigenvalue weighted by Gasteiger charge is -2.45. The van der Waals surface area contributed by atoms with E-state index in [0.29, 0.717) is 6.42 Å². The predicted molar refractivity (Wildman–Crippen MR) is 112 cm³/mol. The van der Waals surface area contributed by atoms with E-state index in [4.69, 9.17) is 9.84 Å². The van der Waals surface area contributed by atoms with Crippen LogP contribution in [0.2, 0.25) is 0 Å². The molecule has 0 aliphatic carbocycles. The summed E-state index contributed by atoms with van der Waals surface area (Å²) in [4.78, 5) is 24.0. The molecule has 1 N–H and O–H groups in total. The van der Waals surface area contributed by atoms with Gasteiger partial charge in [-0.05, 0) is 57.8 Å².